The maximum atomic E-state index is 13.7. The van der Waals surface area contributed by atoms with Crippen molar-refractivity contribution in [3.8, 4) is 0 Å². The Balaban J connectivity index is 1.90. The molecule has 1 aliphatic heterocycles. The van der Waals surface area contributed by atoms with Gasteiger partial charge >= 0.3 is 0 Å². The lowest BCUT2D eigenvalue weighted by molar-refractivity contribution is -0.129. The summed E-state index contributed by atoms with van der Waals surface area (Å²) in [5.74, 6) is 0.956. The predicted octanol–water partition coefficient (Wildman–Crippen LogP) is 4.29. The summed E-state index contributed by atoms with van der Waals surface area (Å²) in [5.41, 5.74) is 2.59. The number of nitrogens with zero attached hydrogens (tertiary/aromatic N) is 2. The second-order valence-electron chi connectivity index (χ2n) is 8.83. The Morgan fingerprint density at radius 2 is 2.03 bits per heavy atom. The first-order valence-electron chi connectivity index (χ1n) is 12.0. The Morgan fingerprint density at radius 3 is 2.70 bits per heavy atom. The van der Waals surface area contributed by atoms with E-state index in [1.807, 2.05) is 49.3 Å². The van der Waals surface area contributed by atoms with Gasteiger partial charge < -0.3 is 25.3 Å². The number of benzene rings is 1. The Bertz CT molecular complexity index is 906. The molecule has 1 aromatic rings. The predicted molar refractivity (Wildman–Crippen MR) is 134 cm³/mol. The van der Waals surface area contributed by atoms with Gasteiger partial charge in [-0.25, -0.2) is 0 Å². The molecule has 6 nitrogen and oxygen atoms in total. The summed E-state index contributed by atoms with van der Waals surface area (Å²) in [7, 11) is 3.97. The molecule has 0 radical (unpaired) electrons. The van der Waals surface area contributed by atoms with Crippen molar-refractivity contribution in [3.05, 3.63) is 71.2 Å². The van der Waals surface area contributed by atoms with Crippen LogP contribution in [0.2, 0.25) is 0 Å². The fourth-order valence-corrected chi connectivity index (χ4v) is 4.61. The maximum Gasteiger partial charge on any atom is 0.257 e. The lowest BCUT2D eigenvalue weighted by atomic mass is 9.98. The average molecular weight is 451 g/mol. The summed E-state index contributed by atoms with van der Waals surface area (Å²) in [4.78, 5) is 17.8. The smallest absolute Gasteiger partial charge is 0.257 e. The molecule has 0 aromatic heterocycles. The Hall–Kier alpha value is -2.86. The molecular weight excluding hydrogens is 412 g/mol. The van der Waals surface area contributed by atoms with E-state index in [2.05, 4.69) is 42.3 Å². The minimum Gasteiger partial charge on any atom is -0.488 e. The number of carbonyl (C=O) groups excluding carboxylic acids is 1. The number of carbonyl (C=O) groups is 1. The van der Waals surface area contributed by atoms with Gasteiger partial charge in [-0.3, -0.25) is 4.79 Å². The number of likely N-dealkylation sites (N-methyl/N-ethyl adjacent to an activating group) is 1. The molecule has 1 aromatic carbocycles. The highest BCUT2D eigenvalue weighted by Crippen LogP contribution is 2.32. The van der Waals surface area contributed by atoms with Gasteiger partial charge in [-0.15, -0.1) is 0 Å². The van der Waals surface area contributed by atoms with Crippen molar-refractivity contribution < 1.29 is 9.53 Å². The van der Waals surface area contributed by atoms with Crippen LogP contribution in [0.25, 0.3) is 0 Å². The molecule has 3 unspecified atom stereocenters. The SMILES string of the molecule is CCC(C)C1=C(C=N)C(=O)N(C2CC=CC=C2OC(CCNC)c2ccccc2)CCN1C. The Morgan fingerprint density at radius 1 is 1.27 bits per heavy atom. The lowest BCUT2D eigenvalue weighted by Gasteiger charge is -2.35. The van der Waals surface area contributed by atoms with Gasteiger partial charge in [0.25, 0.3) is 5.91 Å². The zero-order valence-corrected chi connectivity index (χ0v) is 20.4. The molecule has 0 bridgehead atoms. The van der Waals surface area contributed by atoms with Crippen molar-refractivity contribution in [2.24, 2.45) is 5.92 Å². The fraction of sp³-hybridized carbons (Fsp3) is 0.481. The second kappa shape index (κ2) is 11.8. The normalized spacial score (nSPS) is 20.9. The van der Waals surface area contributed by atoms with Gasteiger partial charge in [0.1, 0.15) is 11.9 Å². The van der Waals surface area contributed by atoms with Crippen LogP contribution in [0.5, 0.6) is 0 Å². The number of rotatable bonds is 10. The number of hydrogen-bond donors (Lipinski definition) is 2. The minimum absolute atomic E-state index is 0.0778. The zero-order valence-electron chi connectivity index (χ0n) is 20.4. The molecule has 3 atom stereocenters. The molecule has 0 saturated carbocycles. The van der Waals surface area contributed by atoms with Crippen LogP contribution in [0.15, 0.2) is 65.6 Å². The van der Waals surface area contributed by atoms with Crippen molar-refractivity contribution >= 4 is 12.1 Å². The van der Waals surface area contributed by atoms with Crippen LogP contribution in [-0.2, 0) is 9.53 Å². The highest BCUT2D eigenvalue weighted by atomic mass is 16.5. The second-order valence-corrected chi connectivity index (χ2v) is 8.83. The third-order valence-corrected chi connectivity index (χ3v) is 6.65. The molecule has 6 heteroatoms. The third-order valence-electron chi connectivity index (χ3n) is 6.65. The van der Waals surface area contributed by atoms with Crippen LogP contribution in [0.4, 0.5) is 0 Å². The molecule has 1 amide bonds. The van der Waals surface area contributed by atoms with E-state index in [0.717, 1.165) is 43.0 Å². The van der Waals surface area contributed by atoms with Crippen molar-refractivity contribution in [1.82, 2.24) is 15.1 Å². The molecule has 0 saturated heterocycles. The molecule has 0 spiro atoms. The summed E-state index contributed by atoms with van der Waals surface area (Å²) in [6.45, 7) is 6.41. The van der Waals surface area contributed by atoms with Gasteiger partial charge in [0.15, 0.2) is 0 Å². The minimum atomic E-state index is -0.178. The molecule has 178 valence electrons. The summed E-state index contributed by atoms with van der Waals surface area (Å²) in [5, 5.41) is 11.3. The number of amides is 1. The average Bonchev–Trinajstić information content (AvgIpc) is 2.97. The Labute approximate surface area is 198 Å². The van der Waals surface area contributed by atoms with Crippen LogP contribution < -0.4 is 5.32 Å². The van der Waals surface area contributed by atoms with Crippen molar-refractivity contribution in [3.63, 3.8) is 0 Å². The molecular formula is C27H38N4O2. The van der Waals surface area contributed by atoms with Crippen LogP contribution >= 0.6 is 0 Å². The lowest BCUT2D eigenvalue weighted by Crippen LogP contribution is -2.44. The van der Waals surface area contributed by atoms with Crippen molar-refractivity contribution in [2.45, 2.75) is 45.3 Å². The van der Waals surface area contributed by atoms with E-state index >= 15 is 0 Å². The Kier molecular flexibility index (Phi) is 8.89. The molecule has 33 heavy (non-hydrogen) atoms. The molecule has 2 aliphatic rings. The molecule has 1 aliphatic carbocycles. The first kappa shape index (κ1) is 24.8. The van der Waals surface area contributed by atoms with Gasteiger partial charge in [-0.2, -0.15) is 0 Å². The third kappa shape index (κ3) is 5.74. The standard InChI is InChI=1S/C27H38N4O2/c1-5-20(2)26-22(19-28)27(32)31(18-17-30(26)4)23-13-9-10-14-25(23)33-24(15-16-29-3)21-11-7-6-8-12-21/h6-12,14,19-20,23-24,28-29H,5,13,15-18H2,1-4H3. The highest BCUT2D eigenvalue weighted by Gasteiger charge is 2.35. The number of hydrogen-bond acceptors (Lipinski definition) is 5. The largest absolute Gasteiger partial charge is 0.488 e. The monoisotopic (exact) mass is 450 g/mol. The van der Waals surface area contributed by atoms with Crippen LogP contribution in [0.3, 0.4) is 0 Å². The quantitative estimate of drug-likeness (QED) is 0.522. The van der Waals surface area contributed by atoms with Crippen LogP contribution in [0.1, 0.15) is 44.8 Å². The van der Waals surface area contributed by atoms with Gasteiger partial charge in [0.2, 0.25) is 0 Å². The van der Waals surface area contributed by atoms with E-state index in [1.54, 1.807) is 0 Å². The van der Waals surface area contributed by atoms with Crippen LogP contribution in [-0.4, -0.2) is 61.7 Å². The topological polar surface area (TPSA) is 68.7 Å². The van der Waals surface area contributed by atoms with Gasteiger partial charge in [-0.05, 0) is 44.0 Å². The van der Waals surface area contributed by atoms with E-state index in [-0.39, 0.29) is 24.0 Å². The van der Waals surface area contributed by atoms with E-state index < -0.39 is 0 Å². The summed E-state index contributed by atoms with van der Waals surface area (Å²) < 4.78 is 6.61. The zero-order chi connectivity index (χ0) is 23.8. The van der Waals surface area contributed by atoms with Crippen molar-refractivity contribution in [1.29, 1.82) is 5.41 Å². The van der Waals surface area contributed by atoms with Crippen molar-refractivity contribution in [2.75, 3.05) is 33.7 Å². The van der Waals surface area contributed by atoms with Gasteiger partial charge in [-0.1, -0.05) is 56.3 Å². The van der Waals surface area contributed by atoms with E-state index in [9.17, 15) is 4.79 Å². The first-order chi connectivity index (χ1) is 16.0. The van der Waals surface area contributed by atoms with Gasteiger partial charge in [0.05, 0.1) is 11.6 Å². The van der Waals surface area contributed by atoms with Gasteiger partial charge in [0, 0.05) is 38.5 Å². The fourth-order valence-electron chi connectivity index (χ4n) is 4.61. The van der Waals surface area contributed by atoms with Crippen LogP contribution in [0, 0.1) is 11.3 Å². The van der Waals surface area contributed by atoms with E-state index in [4.69, 9.17) is 10.1 Å². The summed E-state index contributed by atoms with van der Waals surface area (Å²) in [6, 6.07) is 10.1. The summed E-state index contributed by atoms with van der Waals surface area (Å²) in [6.07, 6.45) is 9.70. The molecule has 2 N–H and O–H groups in total. The van der Waals surface area contributed by atoms with E-state index in [1.165, 1.54) is 6.21 Å². The highest BCUT2D eigenvalue weighted by molar-refractivity contribution is 6.12. The maximum absolute atomic E-state index is 13.7. The van der Waals surface area contributed by atoms with E-state index in [0.29, 0.717) is 18.5 Å². The summed E-state index contributed by atoms with van der Waals surface area (Å²) >= 11 is 0. The number of ether oxygens (including phenoxy) is 1. The molecule has 1 heterocycles. The number of allylic oxidation sites excluding steroid dienone is 3. The molecule has 0 fully saturated rings. The molecule has 3 rings (SSSR count). The number of nitrogens with one attached hydrogen (secondary N) is 2. The first-order valence-corrected chi connectivity index (χ1v) is 12.0.